The first-order valence-corrected chi connectivity index (χ1v) is 8.91. The number of benzene rings is 1. The monoisotopic (exact) mass is 320 g/mol. The first-order valence-electron chi connectivity index (χ1n) is 7.99. The zero-order valence-corrected chi connectivity index (χ0v) is 13.5. The number of alkyl halides is 1. The van der Waals surface area contributed by atoms with Crippen LogP contribution in [0.3, 0.4) is 0 Å². The highest BCUT2D eigenvalue weighted by Gasteiger charge is 2.32. The van der Waals surface area contributed by atoms with Crippen molar-refractivity contribution in [1.82, 2.24) is 0 Å². The van der Waals surface area contributed by atoms with Crippen molar-refractivity contribution in [2.75, 3.05) is 0 Å². The lowest BCUT2D eigenvalue weighted by molar-refractivity contribution is 0.443. The molecule has 3 rings (SSSR count). The molecule has 0 aliphatic heterocycles. The molecule has 0 saturated heterocycles. The van der Waals surface area contributed by atoms with Crippen LogP contribution < -0.4 is 0 Å². The molecule has 2 aliphatic carbocycles. The molecular formula is C18H25Br. The van der Waals surface area contributed by atoms with E-state index in [9.17, 15) is 0 Å². The summed E-state index contributed by atoms with van der Waals surface area (Å²) in [6.45, 7) is 2.39. The molecule has 2 unspecified atom stereocenters. The number of hydrogen-bond acceptors (Lipinski definition) is 0. The van der Waals surface area contributed by atoms with Gasteiger partial charge in [0.15, 0.2) is 0 Å². The SMILES string of the molecule is CC(C1CC1)C(Br)c1ccc(C2CCCCC2)cc1. The maximum atomic E-state index is 3.91. The summed E-state index contributed by atoms with van der Waals surface area (Å²) in [6.07, 6.45) is 9.95. The minimum Gasteiger partial charge on any atom is -0.0836 e. The van der Waals surface area contributed by atoms with Crippen LogP contribution in [0, 0.1) is 11.8 Å². The Labute approximate surface area is 126 Å². The van der Waals surface area contributed by atoms with Crippen LogP contribution in [0.5, 0.6) is 0 Å². The van der Waals surface area contributed by atoms with E-state index in [0.717, 1.165) is 17.8 Å². The Balaban J connectivity index is 1.67. The van der Waals surface area contributed by atoms with Crippen LogP contribution in [0.1, 0.15) is 73.7 Å². The summed E-state index contributed by atoms with van der Waals surface area (Å²) in [5, 5.41) is 0. The Bertz CT molecular complexity index is 398. The van der Waals surface area contributed by atoms with Crippen LogP contribution in [-0.4, -0.2) is 0 Å². The highest BCUT2D eigenvalue weighted by molar-refractivity contribution is 9.09. The van der Waals surface area contributed by atoms with E-state index < -0.39 is 0 Å². The van der Waals surface area contributed by atoms with Crippen molar-refractivity contribution in [1.29, 1.82) is 0 Å². The lowest BCUT2D eigenvalue weighted by Gasteiger charge is -2.23. The topological polar surface area (TPSA) is 0 Å². The standard InChI is InChI=1S/C18H25Br/c1-13(14-7-8-14)18(19)17-11-9-16(10-12-17)15-5-3-2-4-6-15/h9-15,18H,2-8H2,1H3. The zero-order chi connectivity index (χ0) is 13.2. The first-order chi connectivity index (χ1) is 9.25. The molecule has 104 valence electrons. The summed E-state index contributed by atoms with van der Waals surface area (Å²) in [6, 6.07) is 9.50. The van der Waals surface area contributed by atoms with Crippen molar-refractivity contribution in [3.63, 3.8) is 0 Å². The molecule has 2 fully saturated rings. The fourth-order valence-corrected chi connectivity index (χ4v) is 4.29. The van der Waals surface area contributed by atoms with E-state index in [4.69, 9.17) is 0 Å². The van der Waals surface area contributed by atoms with Crippen LogP contribution in [-0.2, 0) is 0 Å². The third-order valence-electron chi connectivity index (χ3n) is 5.16. The molecule has 0 radical (unpaired) electrons. The van der Waals surface area contributed by atoms with Crippen LogP contribution >= 0.6 is 15.9 Å². The average molecular weight is 321 g/mol. The predicted octanol–water partition coefficient (Wildman–Crippen LogP) is 6.22. The molecule has 0 nitrogen and oxygen atoms in total. The lowest BCUT2D eigenvalue weighted by Crippen LogP contribution is -2.07. The summed E-state index contributed by atoms with van der Waals surface area (Å²) in [4.78, 5) is 0.542. The normalized spacial score (nSPS) is 24.1. The molecular weight excluding hydrogens is 296 g/mol. The van der Waals surface area contributed by atoms with Gasteiger partial charge in [-0.2, -0.15) is 0 Å². The van der Waals surface area contributed by atoms with Gasteiger partial charge >= 0.3 is 0 Å². The van der Waals surface area contributed by atoms with Crippen molar-refractivity contribution in [3.05, 3.63) is 35.4 Å². The third-order valence-corrected chi connectivity index (χ3v) is 6.52. The van der Waals surface area contributed by atoms with Crippen LogP contribution in [0.2, 0.25) is 0 Å². The van der Waals surface area contributed by atoms with E-state index >= 15 is 0 Å². The van der Waals surface area contributed by atoms with Gasteiger partial charge in [-0.1, -0.05) is 66.4 Å². The first kappa shape index (κ1) is 13.7. The zero-order valence-electron chi connectivity index (χ0n) is 11.9. The van der Waals surface area contributed by atoms with Crippen molar-refractivity contribution >= 4 is 15.9 Å². The summed E-state index contributed by atoms with van der Waals surface area (Å²) in [5.41, 5.74) is 3.04. The largest absolute Gasteiger partial charge is 0.0836 e. The number of rotatable bonds is 4. The van der Waals surface area contributed by atoms with Gasteiger partial charge in [-0.15, -0.1) is 0 Å². The van der Waals surface area contributed by atoms with Crippen molar-refractivity contribution in [2.24, 2.45) is 11.8 Å². The fourth-order valence-electron chi connectivity index (χ4n) is 3.55. The van der Waals surface area contributed by atoms with Gasteiger partial charge in [0.25, 0.3) is 0 Å². The van der Waals surface area contributed by atoms with Crippen molar-refractivity contribution < 1.29 is 0 Å². The molecule has 1 aromatic carbocycles. The van der Waals surface area contributed by atoms with Crippen molar-refractivity contribution in [3.8, 4) is 0 Å². The molecule has 1 heteroatoms. The van der Waals surface area contributed by atoms with E-state index in [2.05, 4.69) is 47.1 Å². The quantitative estimate of drug-likeness (QED) is 0.578. The molecule has 0 heterocycles. The van der Waals surface area contributed by atoms with Crippen LogP contribution in [0.15, 0.2) is 24.3 Å². The Morgan fingerprint density at radius 3 is 2.16 bits per heavy atom. The minimum absolute atomic E-state index is 0.542. The van der Waals surface area contributed by atoms with Crippen molar-refractivity contribution in [2.45, 2.75) is 62.6 Å². The van der Waals surface area contributed by atoms with E-state index in [1.807, 2.05) is 0 Å². The van der Waals surface area contributed by atoms with Gasteiger partial charge in [-0.3, -0.25) is 0 Å². The second-order valence-corrected chi connectivity index (χ2v) is 7.59. The smallest absolute Gasteiger partial charge is 0.0423 e. The Kier molecular flexibility index (Phi) is 4.31. The molecule has 0 aromatic heterocycles. The molecule has 19 heavy (non-hydrogen) atoms. The average Bonchev–Trinajstić information content (AvgIpc) is 3.31. The van der Waals surface area contributed by atoms with Crippen LogP contribution in [0.25, 0.3) is 0 Å². The maximum Gasteiger partial charge on any atom is 0.0423 e. The fraction of sp³-hybridized carbons (Fsp3) is 0.667. The molecule has 2 saturated carbocycles. The van der Waals surface area contributed by atoms with E-state index in [1.165, 1.54) is 50.5 Å². The predicted molar refractivity (Wildman–Crippen MR) is 85.8 cm³/mol. The van der Waals surface area contributed by atoms with Crippen LogP contribution in [0.4, 0.5) is 0 Å². The molecule has 0 amide bonds. The number of halogens is 1. The Morgan fingerprint density at radius 1 is 0.947 bits per heavy atom. The lowest BCUT2D eigenvalue weighted by atomic mass is 9.83. The maximum absolute atomic E-state index is 3.91. The molecule has 0 N–H and O–H groups in total. The molecule has 0 bridgehead atoms. The second-order valence-electron chi connectivity index (χ2n) is 6.60. The molecule has 1 aromatic rings. The molecule has 2 atom stereocenters. The van der Waals surface area contributed by atoms with Gasteiger partial charge in [0, 0.05) is 4.83 Å². The van der Waals surface area contributed by atoms with Gasteiger partial charge in [-0.05, 0) is 54.6 Å². The van der Waals surface area contributed by atoms with Gasteiger partial charge in [-0.25, -0.2) is 0 Å². The van der Waals surface area contributed by atoms with E-state index in [1.54, 1.807) is 5.56 Å². The molecule has 2 aliphatic rings. The van der Waals surface area contributed by atoms with Gasteiger partial charge in [0.2, 0.25) is 0 Å². The highest BCUT2D eigenvalue weighted by atomic mass is 79.9. The van der Waals surface area contributed by atoms with Gasteiger partial charge < -0.3 is 0 Å². The third kappa shape index (κ3) is 3.24. The summed E-state index contributed by atoms with van der Waals surface area (Å²) >= 11 is 3.91. The molecule has 0 spiro atoms. The summed E-state index contributed by atoms with van der Waals surface area (Å²) in [5.74, 6) is 2.57. The summed E-state index contributed by atoms with van der Waals surface area (Å²) < 4.78 is 0. The van der Waals surface area contributed by atoms with E-state index in [0.29, 0.717) is 4.83 Å². The van der Waals surface area contributed by atoms with Gasteiger partial charge in [0.05, 0.1) is 0 Å². The second kappa shape index (κ2) is 5.99. The minimum atomic E-state index is 0.542. The van der Waals surface area contributed by atoms with Gasteiger partial charge in [0.1, 0.15) is 0 Å². The van der Waals surface area contributed by atoms with E-state index in [-0.39, 0.29) is 0 Å². The highest BCUT2D eigenvalue weighted by Crippen LogP contribution is 2.46. The Morgan fingerprint density at radius 2 is 1.58 bits per heavy atom. The Hall–Kier alpha value is -0.300. The summed E-state index contributed by atoms with van der Waals surface area (Å²) in [7, 11) is 0. The number of hydrogen-bond donors (Lipinski definition) is 0.